The number of primary amides is 1. The lowest BCUT2D eigenvalue weighted by Crippen LogP contribution is -2.63. The van der Waals surface area contributed by atoms with Crippen molar-refractivity contribution in [3.8, 4) is 0 Å². The van der Waals surface area contributed by atoms with E-state index < -0.39 is 23.9 Å². The standard InChI is InChI=1S/C18H26N4O6S/c1-7-14-13(8(2)23)17(25)22(14)15(18(26)27)16(7)29-9-4-10(20-6-9)11(21-28-3)5-12(19)24/h7-10,13-14,20,23H,4-6H2,1-3H3,(H2,19,24)(H,26,27)/b21-11+/t7-,8-,9+,10+,13-,14-/m1/s1. The number of rotatable bonds is 8. The van der Waals surface area contributed by atoms with E-state index in [9.17, 15) is 24.6 Å². The topological polar surface area (TPSA) is 155 Å². The first kappa shape index (κ1) is 21.6. The highest BCUT2D eigenvalue weighted by atomic mass is 32.2. The number of nitrogens with two attached hydrogens (primary N) is 1. The molecular weight excluding hydrogens is 400 g/mol. The normalized spacial score (nSPS) is 32.8. The summed E-state index contributed by atoms with van der Waals surface area (Å²) in [5.74, 6) is -2.76. The Hall–Kier alpha value is -2.11. The molecule has 2 amide bonds. The Balaban J connectivity index is 1.76. The van der Waals surface area contributed by atoms with E-state index in [1.54, 1.807) is 6.92 Å². The Bertz CT molecular complexity index is 782. The van der Waals surface area contributed by atoms with E-state index in [1.807, 2.05) is 6.92 Å². The maximum absolute atomic E-state index is 12.4. The first-order valence-electron chi connectivity index (χ1n) is 9.44. The number of nitrogens with one attached hydrogen (secondary N) is 1. The average Bonchev–Trinajstić information content (AvgIpc) is 3.17. The Morgan fingerprint density at radius 1 is 1.48 bits per heavy atom. The van der Waals surface area contributed by atoms with Gasteiger partial charge in [-0.25, -0.2) is 4.79 Å². The molecule has 3 aliphatic rings. The van der Waals surface area contributed by atoms with Gasteiger partial charge in [0, 0.05) is 22.6 Å². The van der Waals surface area contributed by atoms with Crippen LogP contribution in [-0.4, -0.2) is 75.7 Å². The largest absolute Gasteiger partial charge is 0.477 e. The van der Waals surface area contributed by atoms with E-state index in [0.29, 0.717) is 23.6 Å². The number of carbonyl (C=O) groups is 3. The van der Waals surface area contributed by atoms with E-state index in [4.69, 9.17) is 10.6 Å². The summed E-state index contributed by atoms with van der Waals surface area (Å²) in [6.07, 6.45) is -0.241. The molecule has 3 heterocycles. The highest BCUT2D eigenvalue weighted by Gasteiger charge is 2.60. The van der Waals surface area contributed by atoms with Crippen molar-refractivity contribution in [2.75, 3.05) is 13.7 Å². The van der Waals surface area contributed by atoms with Gasteiger partial charge in [0.2, 0.25) is 11.8 Å². The van der Waals surface area contributed by atoms with Crippen molar-refractivity contribution >= 4 is 35.3 Å². The molecule has 2 fully saturated rings. The van der Waals surface area contributed by atoms with Crippen LogP contribution in [0.3, 0.4) is 0 Å². The van der Waals surface area contributed by atoms with Crippen molar-refractivity contribution in [2.45, 2.75) is 50.1 Å². The van der Waals surface area contributed by atoms with Gasteiger partial charge in [-0.1, -0.05) is 12.1 Å². The molecule has 0 unspecified atom stereocenters. The average molecular weight is 426 g/mol. The summed E-state index contributed by atoms with van der Waals surface area (Å²) < 4.78 is 0. The molecule has 5 N–H and O–H groups in total. The summed E-state index contributed by atoms with van der Waals surface area (Å²) in [5.41, 5.74) is 5.79. The number of β-lactam (4-membered cyclic amide) rings is 1. The summed E-state index contributed by atoms with van der Waals surface area (Å²) >= 11 is 1.43. The van der Waals surface area contributed by atoms with E-state index >= 15 is 0 Å². The van der Waals surface area contributed by atoms with Gasteiger partial charge in [0.05, 0.1) is 36.2 Å². The van der Waals surface area contributed by atoms with Crippen molar-refractivity contribution in [3.05, 3.63) is 10.6 Å². The number of aliphatic hydroxyl groups excluding tert-OH is 1. The third-order valence-electron chi connectivity index (χ3n) is 5.66. The number of aliphatic carboxylic acids is 1. The number of carboxylic acid groups (broad SMARTS) is 1. The molecule has 11 heteroatoms. The number of carbonyl (C=O) groups excluding carboxylic acids is 2. The zero-order valence-electron chi connectivity index (χ0n) is 16.5. The molecule has 0 radical (unpaired) electrons. The first-order valence-corrected chi connectivity index (χ1v) is 10.3. The zero-order valence-corrected chi connectivity index (χ0v) is 17.3. The SMILES string of the molecule is CO/N=C(\CC(N)=O)[C@@H]1C[C@H](SC2=C(C(=O)O)N3C(=O)[C@H]([C@@H](C)O)[C@H]3[C@H]2C)CN1. The molecular formula is C18H26N4O6S. The fourth-order valence-electron chi connectivity index (χ4n) is 4.42. The summed E-state index contributed by atoms with van der Waals surface area (Å²) in [4.78, 5) is 42.4. The quantitative estimate of drug-likeness (QED) is 0.230. The number of oxime groups is 1. The van der Waals surface area contributed by atoms with Gasteiger partial charge in [-0.05, 0) is 13.3 Å². The minimum atomic E-state index is -1.14. The van der Waals surface area contributed by atoms with Crippen LogP contribution in [0, 0.1) is 11.8 Å². The van der Waals surface area contributed by atoms with E-state index in [-0.39, 0.29) is 41.3 Å². The third kappa shape index (κ3) is 3.86. The second-order valence-electron chi connectivity index (χ2n) is 7.62. The molecule has 0 saturated carbocycles. The lowest BCUT2D eigenvalue weighted by molar-refractivity contribution is -0.163. The monoisotopic (exact) mass is 426 g/mol. The van der Waals surface area contributed by atoms with Gasteiger partial charge in [-0.3, -0.25) is 9.59 Å². The first-order chi connectivity index (χ1) is 13.7. The molecule has 10 nitrogen and oxygen atoms in total. The second kappa shape index (κ2) is 8.33. The maximum Gasteiger partial charge on any atom is 0.353 e. The summed E-state index contributed by atoms with van der Waals surface area (Å²) in [5, 5.41) is 26.9. The Kier molecular flexibility index (Phi) is 6.20. The Morgan fingerprint density at radius 2 is 2.17 bits per heavy atom. The minimum Gasteiger partial charge on any atom is -0.477 e. The lowest BCUT2D eigenvalue weighted by Gasteiger charge is -2.46. The van der Waals surface area contributed by atoms with Crippen molar-refractivity contribution in [1.29, 1.82) is 0 Å². The molecule has 2 saturated heterocycles. The molecule has 0 spiro atoms. The number of fused-ring (bicyclic) bond motifs is 1. The minimum absolute atomic E-state index is 0.0146. The Labute approximate surface area is 172 Å². The molecule has 3 rings (SSSR count). The van der Waals surface area contributed by atoms with Gasteiger partial charge < -0.3 is 31.0 Å². The van der Waals surface area contributed by atoms with Crippen LogP contribution in [-0.2, 0) is 19.2 Å². The van der Waals surface area contributed by atoms with Crippen LogP contribution in [0.5, 0.6) is 0 Å². The summed E-state index contributed by atoms with van der Waals surface area (Å²) in [7, 11) is 1.39. The molecule has 29 heavy (non-hydrogen) atoms. The van der Waals surface area contributed by atoms with Gasteiger partial charge in [-0.2, -0.15) is 0 Å². The molecule has 3 aliphatic heterocycles. The van der Waals surface area contributed by atoms with Crippen molar-refractivity contribution < 1.29 is 29.4 Å². The van der Waals surface area contributed by atoms with Crippen LogP contribution in [0.15, 0.2) is 15.8 Å². The highest BCUT2D eigenvalue weighted by molar-refractivity contribution is 8.03. The van der Waals surface area contributed by atoms with Crippen LogP contribution in [0.1, 0.15) is 26.7 Å². The smallest absolute Gasteiger partial charge is 0.353 e. The second-order valence-corrected chi connectivity index (χ2v) is 8.96. The van der Waals surface area contributed by atoms with E-state index in [1.165, 1.54) is 23.8 Å². The summed E-state index contributed by atoms with van der Waals surface area (Å²) in [6, 6.07) is -0.531. The fraction of sp³-hybridized carbons (Fsp3) is 0.667. The van der Waals surface area contributed by atoms with Gasteiger partial charge >= 0.3 is 5.97 Å². The molecule has 0 aromatic heterocycles. The molecule has 0 bridgehead atoms. The van der Waals surface area contributed by atoms with Crippen LogP contribution < -0.4 is 11.1 Å². The van der Waals surface area contributed by atoms with Crippen LogP contribution in [0.4, 0.5) is 0 Å². The fourth-order valence-corrected chi connectivity index (χ4v) is 5.90. The number of nitrogens with zero attached hydrogens (tertiary/aromatic N) is 2. The van der Waals surface area contributed by atoms with Gasteiger partial charge in [-0.15, -0.1) is 11.8 Å². The third-order valence-corrected chi connectivity index (χ3v) is 7.17. The number of carboxylic acids is 1. The maximum atomic E-state index is 12.4. The molecule has 0 aromatic carbocycles. The van der Waals surface area contributed by atoms with Crippen molar-refractivity contribution in [2.24, 2.45) is 22.7 Å². The highest BCUT2D eigenvalue weighted by Crippen LogP contribution is 2.51. The molecule has 6 atom stereocenters. The lowest BCUT2D eigenvalue weighted by atomic mass is 9.79. The molecule has 160 valence electrons. The summed E-state index contributed by atoms with van der Waals surface area (Å²) in [6.45, 7) is 4.03. The molecule has 0 aromatic rings. The predicted octanol–water partition coefficient (Wildman–Crippen LogP) is -0.518. The van der Waals surface area contributed by atoms with Crippen LogP contribution in [0.2, 0.25) is 0 Å². The Morgan fingerprint density at radius 3 is 2.72 bits per heavy atom. The number of hydrogen-bond acceptors (Lipinski definition) is 8. The van der Waals surface area contributed by atoms with Crippen LogP contribution in [0.25, 0.3) is 0 Å². The predicted molar refractivity (Wildman–Crippen MR) is 106 cm³/mol. The van der Waals surface area contributed by atoms with E-state index in [2.05, 4.69) is 10.5 Å². The van der Waals surface area contributed by atoms with Gasteiger partial charge in [0.15, 0.2) is 0 Å². The number of thioether (sulfide) groups is 1. The van der Waals surface area contributed by atoms with E-state index in [0.717, 1.165) is 0 Å². The van der Waals surface area contributed by atoms with Gasteiger partial charge in [0.25, 0.3) is 0 Å². The van der Waals surface area contributed by atoms with Crippen molar-refractivity contribution in [1.82, 2.24) is 10.2 Å². The zero-order chi connectivity index (χ0) is 21.5. The number of amides is 2. The molecule has 0 aliphatic carbocycles. The van der Waals surface area contributed by atoms with Crippen molar-refractivity contribution in [3.63, 3.8) is 0 Å². The number of hydrogen-bond donors (Lipinski definition) is 4. The van der Waals surface area contributed by atoms with Crippen LogP contribution >= 0.6 is 11.8 Å². The number of aliphatic hydroxyl groups is 1. The van der Waals surface area contributed by atoms with Gasteiger partial charge in [0.1, 0.15) is 12.8 Å².